The highest BCUT2D eigenvalue weighted by Gasteiger charge is 2.19. The van der Waals surface area contributed by atoms with Crippen LogP contribution in [0.2, 0.25) is 0 Å². The van der Waals surface area contributed by atoms with Crippen molar-refractivity contribution < 1.29 is 23.5 Å². The second kappa shape index (κ2) is 5.95. The summed E-state index contributed by atoms with van der Waals surface area (Å²) in [6, 6.07) is 1.02. The lowest BCUT2D eigenvalue weighted by Gasteiger charge is -2.13. The van der Waals surface area contributed by atoms with Crippen LogP contribution in [0, 0.1) is 11.6 Å². The molecule has 0 aliphatic carbocycles. The van der Waals surface area contributed by atoms with Gasteiger partial charge in [-0.15, -0.1) is 0 Å². The molecule has 1 atom stereocenters. The molecule has 0 unspecified atom stereocenters. The lowest BCUT2D eigenvalue weighted by molar-refractivity contribution is -0.139. The van der Waals surface area contributed by atoms with Gasteiger partial charge >= 0.3 is 12.0 Å². The average molecular weight is 258 g/mol. The van der Waals surface area contributed by atoms with Crippen molar-refractivity contribution in [2.45, 2.75) is 19.4 Å². The number of para-hydroxylation sites is 1. The van der Waals surface area contributed by atoms with Gasteiger partial charge in [0.05, 0.1) is 0 Å². The number of carboxylic acids is 1. The van der Waals surface area contributed by atoms with Gasteiger partial charge in [0.25, 0.3) is 0 Å². The van der Waals surface area contributed by atoms with Crippen molar-refractivity contribution in [1.29, 1.82) is 0 Å². The zero-order chi connectivity index (χ0) is 13.7. The summed E-state index contributed by atoms with van der Waals surface area (Å²) in [5.74, 6) is -3.09. The number of anilines is 1. The predicted octanol–water partition coefficient (Wildman–Crippen LogP) is 1.95. The molecule has 0 saturated carbocycles. The van der Waals surface area contributed by atoms with E-state index in [0.717, 1.165) is 18.2 Å². The minimum absolute atomic E-state index is 0.155. The molecule has 1 aromatic carbocycles. The molecule has 18 heavy (non-hydrogen) atoms. The van der Waals surface area contributed by atoms with E-state index in [0.29, 0.717) is 0 Å². The van der Waals surface area contributed by atoms with Crippen LogP contribution >= 0.6 is 0 Å². The van der Waals surface area contributed by atoms with Crippen LogP contribution in [0.15, 0.2) is 18.2 Å². The minimum Gasteiger partial charge on any atom is -0.480 e. The molecule has 3 N–H and O–H groups in total. The number of benzene rings is 1. The molecular formula is C11H12F2N2O3. The number of carboxylic acid groups (broad SMARTS) is 1. The van der Waals surface area contributed by atoms with Gasteiger partial charge in [0, 0.05) is 0 Å². The van der Waals surface area contributed by atoms with Crippen LogP contribution in [0.25, 0.3) is 0 Å². The van der Waals surface area contributed by atoms with Gasteiger partial charge in [-0.3, -0.25) is 0 Å². The molecule has 0 saturated heterocycles. The van der Waals surface area contributed by atoms with Crippen molar-refractivity contribution in [2.24, 2.45) is 0 Å². The number of halogens is 2. The Morgan fingerprint density at radius 2 is 1.89 bits per heavy atom. The minimum atomic E-state index is -1.22. The third-order valence-corrected chi connectivity index (χ3v) is 2.21. The highest BCUT2D eigenvalue weighted by molar-refractivity contribution is 5.92. The van der Waals surface area contributed by atoms with Crippen molar-refractivity contribution in [3.63, 3.8) is 0 Å². The molecule has 0 spiro atoms. The standard InChI is InChI=1S/C11H12F2N2O3/c1-2-8(10(16)17)14-11(18)15-9-6(12)4-3-5-7(9)13/h3-5,8H,2H2,1H3,(H,16,17)(H2,14,15,18)/t8-/m0/s1. The lowest BCUT2D eigenvalue weighted by atomic mass is 10.2. The summed E-state index contributed by atoms with van der Waals surface area (Å²) in [5.41, 5.74) is -0.616. The van der Waals surface area contributed by atoms with Gasteiger partial charge < -0.3 is 15.7 Å². The van der Waals surface area contributed by atoms with Crippen LogP contribution < -0.4 is 10.6 Å². The van der Waals surface area contributed by atoms with Crippen LogP contribution in [0.5, 0.6) is 0 Å². The first kappa shape index (κ1) is 13.9. The van der Waals surface area contributed by atoms with Gasteiger partial charge in [-0.1, -0.05) is 13.0 Å². The monoisotopic (exact) mass is 258 g/mol. The maximum Gasteiger partial charge on any atom is 0.326 e. The van der Waals surface area contributed by atoms with Crippen LogP contribution in [0.3, 0.4) is 0 Å². The normalized spacial score (nSPS) is 11.7. The van der Waals surface area contributed by atoms with Gasteiger partial charge in [0.2, 0.25) is 0 Å². The van der Waals surface area contributed by atoms with E-state index in [-0.39, 0.29) is 6.42 Å². The lowest BCUT2D eigenvalue weighted by Crippen LogP contribution is -2.42. The van der Waals surface area contributed by atoms with E-state index < -0.39 is 35.4 Å². The number of carbonyl (C=O) groups excluding carboxylic acids is 1. The van der Waals surface area contributed by atoms with Crippen LogP contribution in [0.1, 0.15) is 13.3 Å². The third kappa shape index (κ3) is 3.41. The van der Waals surface area contributed by atoms with Gasteiger partial charge in [-0.2, -0.15) is 0 Å². The zero-order valence-electron chi connectivity index (χ0n) is 9.54. The highest BCUT2D eigenvalue weighted by Crippen LogP contribution is 2.17. The fourth-order valence-electron chi connectivity index (χ4n) is 1.26. The third-order valence-electron chi connectivity index (χ3n) is 2.21. The zero-order valence-corrected chi connectivity index (χ0v) is 9.54. The van der Waals surface area contributed by atoms with Crippen molar-refractivity contribution in [2.75, 3.05) is 5.32 Å². The first-order valence-electron chi connectivity index (χ1n) is 5.20. The molecule has 0 aliphatic rings. The van der Waals surface area contributed by atoms with E-state index in [1.807, 2.05) is 5.32 Å². The van der Waals surface area contributed by atoms with Gasteiger partial charge in [0.1, 0.15) is 23.4 Å². The van der Waals surface area contributed by atoms with Crippen LogP contribution in [0.4, 0.5) is 19.3 Å². The summed E-state index contributed by atoms with van der Waals surface area (Å²) < 4.78 is 26.4. The Morgan fingerprint density at radius 3 is 2.33 bits per heavy atom. The van der Waals surface area contributed by atoms with E-state index in [2.05, 4.69) is 5.32 Å². The number of urea groups is 1. The summed E-state index contributed by atoms with van der Waals surface area (Å²) in [7, 11) is 0. The van der Waals surface area contributed by atoms with E-state index in [1.165, 1.54) is 0 Å². The fourth-order valence-corrected chi connectivity index (χ4v) is 1.26. The summed E-state index contributed by atoms with van der Waals surface area (Å²) in [5, 5.41) is 12.7. The van der Waals surface area contributed by atoms with E-state index in [9.17, 15) is 18.4 Å². The number of carbonyl (C=O) groups is 2. The maximum absolute atomic E-state index is 13.2. The molecule has 0 aliphatic heterocycles. The Bertz CT molecular complexity index is 445. The second-order valence-electron chi connectivity index (χ2n) is 3.49. The Kier molecular flexibility index (Phi) is 4.59. The van der Waals surface area contributed by atoms with Crippen LogP contribution in [-0.2, 0) is 4.79 Å². The fraction of sp³-hybridized carbons (Fsp3) is 0.273. The molecule has 0 heterocycles. The van der Waals surface area contributed by atoms with E-state index in [1.54, 1.807) is 6.92 Å². The van der Waals surface area contributed by atoms with E-state index >= 15 is 0 Å². The largest absolute Gasteiger partial charge is 0.480 e. The molecule has 1 rings (SSSR count). The van der Waals surface area contributed by atoms with Crippen molar-refractivity contribution in [3.05, 3.63) is 29.8 Å². The molecule has 0 radical (unpaired) electrons. The number of hydrogen-bond donors (Lipinski definition) is 3. The first-order chi connectivity index (χ1) is 8.45. The number of amides is 2. The Labute approximate surface area is 102 Å². The van der Waals surface area contributed by atoms with Crippen molar-refractivity contribution in [3.8, 4) is 0 Å². The number of aliphatic carboxylic acids is 1. The molecule has 5 nitrogen and oxygen atoms in total. The van der Waals surface area contributed by atoms with Gasteiger partial charge in [0.15, 0.2) is 0 Å². The Morgan fingerprint density at radius 1 is 1.33 bits per heavy atom. The topological polar surface area (TPSA) is 78.4 Å². The molecule has 7 heteroatoms. The van der Waals surface area contributed by atoms with E-state index in [4.69, 9.17) is 5.11 Å². The Balaban J connectivity index is 2.73. The number of nitrogens with one attached hydrogen (secondary N) is 2. The summed E-state index contributed by atoms with van der Waals surface area (Å²) in [6.07, 6.45) is 0.155. The molecule has 0 bridgehead atoms. The van der Waals surface area contributed by atoms with Crippen molar-refractivity contribution in [1.82, 2.24) is 5.32 Å². The van der Waals surface area contributed by atoms with Gasteiger partial charge in [-0.05, 0) is 18.6 Å². The summed E-state index contributed by atoms with van der Waals surface area (Å²) in [4.78, 5) is 22.0. The number of hydrogen-bond acceptors (Lipinski definition) is 2. The smallest absolute Gasteiger partial charge is 0.326 e. The summed E-state index contributed by atoms with van der Waals surface area (Å²) in [6.45, 7) is 1.56. The van der Waals surface area contributed by atoms with Crippen molar-refractivity contribution >= 4 is 17.7 Å². The Hall–Kier alpha value is -2.18. The van der Waals surface area contributed by atoms with Gasteiger partial charge in [-0.25, -0.2) is 18.4 Å². The molecule has 0 fully saturated rings. The SMILES string of the molecule is CC[C@H](NC(=O)Nc1c(F)cccc1F)C(=O)O. The first-order valence-corrected chi connectivity index (χ1v) is 5.20. The maximum atomic E-state index is 13.2. The molecular weight excluding hydrogens is 246 g/mol. The predicted molar refractivity (Wildman–Crippen MR) is 60.2 cm³/mol. The second-order valence-corrected chi connectivity index (χ2v) is 3.49. The quantitative estimate of drug-likeness (QED) is 0.772. The molecule has 0 aromatic heterocycles. The number of rotatable bonds is 4. The average Bonchev–Trinajstić information content (AvgIpc) is 2.30. The highest BCUT2D eigenvalue weighted by atomic mass is 19.1. The summed E-state index contributed by atoms with van der Waals surface area (Å²) >= 11 is 0. The molecule has 98 valence electrons. The molecule has 2 amide bonds. The molecule has 1 aromatic rings. The van der Waals surface area contributed by atoms with Crippen LogP contribution in [-0.4, -0.2) is 23.1 Å².